The molecule has 0 aliphatic heterocycles. The zero-order chi connectivity index (χ0) is 32.8. The van der Waals surface area contributed by atoms with Crippen molar-refractivity contribution < 1.29 is 25.9 Å². The van der Waals surface area contributed by atoms with Gasteiger partial charge in [0.05, 0.1) is 9.79 Å². The van der Waals surface area contributed by atoms with E-state index in [0.29, 0.717) is 11.8 Å². The van der Waals surface area contributed by atoms with Gasteiger partial charge in [-0.15, -0.1) is 0 Å². The van der Waals surface area contributed by atoms with Gasteiger partial charge >= 0.3 is 23.1 Å². The minimum Gasteiger partial charge on any atom is -0.744 e. The van der Waals surface area contributed by atoms with E-state index in [-0.39, 0.29) is 32.8 Å². The van der Waals surface area contributed by atoms with Crippen LogP contribution in [0.25, 0.3) is 0 Å². The fourth-order valence-corrected chi connectivity index (χ4v) is 6.66. The normalized spacial score (nSPS) is 12.9. The number of unbranched alkanes of at least 4 members (excludes halogenated alkanes) is 12. The zero-order valence-corrected chi connectivity index (χ0v) is 31.5. The van der Waals surface area contributed by atoms with E-state index in [0.717, 1.165) is 36.8 Å². The molecular formula is C36H58MgO6S2. The second-order valence-corrected chi connectivity index (χ2v) is 14.8. The molecule has 0 amide bonds. The molecule has 0 N–H and O–H groups in total. The van der Waals surface area contributed by atoms with Crippen LogP contribution in [0, 0.1) is 0 Å². The first-order valence-corrected chi connectivity index (χ1v) is 19.9. The molecule has 0 saturated heterocycles. The summed E-state index contributed by atoms with van der Waals surface area (Å²) in [5.41, 5.74) is 2.28. The predicted molar refractivity (Wildman–Crippen MR) is 186 cm³/mol. The SMILES string of the molecule is CCCCCCCCCC(CC)c1ccc(S(=O)(=O)[O-])cc1.CCCCCCCCCC(CC)c1ccc(S(=O)(=O)[O-])cc1.[Mg+2]. The first kappa shape index (κ1) is 44.0. The molecule has 0 aliphatic carbocycles. The third-order valence-corrected chi connectivity index (χ3v) is 10.3. The van der Waals surface area contributed by atoms with Crippen LogP contribution in [0.2, 0.25) is 0 Å². The Bertz CT molecular complexity index is 1120. The van der Waals surface area contributed by atoms with Gasteiger partial charge < -0.3 is 9.11 Å². The van der Waals surface area contributed by atoms with Crippen LogP contribution in [-0.2, 0) is 20.2 Å². The maximum atomic E-state index is 10.9. The molecule has 0 saturated carbocycles. The summed E-state index contributed by atoms with van der Waals surface area (Å²) in [5, 5.41) is 0. The molecule has 2 unspecified atom stereocenters. The van der Waals surface area contributed by atoms with Gasteiger partial charge in [-0.05, 0) is 72.9 Å². The minimum absolute atomic E-state index is 0. The van der Waals surface area contributed by atoms with E-state index in [2.05, 4.69) is 27.7 Å². The first-order valence-electron chi connectivity index (χ1n) is 17.1. The molecular weight excluding hydrogens is 617 g/mol. The molecule has 2 aromatic carbocycles. The Morgan fingerprint density at radius 2 is 0.733 bits per heavy atom. The molecule has 0 radical (unpaired) electrons. The summed E-state index contributed by atoms with van der Waals surface area (Å²) in [6.07, 6.45) is 22.5. The summed E-state index contributed by atoms with van der Waals surface area (Å²) in [4.78, 5) is -0.274. The van der Waals surface area contributed by atoms with E-state index >= 15 is 0 Å². The predicted octanol–water partition coefficient (Wildman–Crippen LogP) is 10.1. The van der Waals surface area contributed by atoms with Crippen LogP contribution in [-0.4, -0.2) is 49.0 Å². The van der Waals surface area contributed by atoms with Gasteiger partial charge in [-0.1, -0.05) is 142 Å². The molecule has 0 bridgehead atoms. The van der Waals surface area contributed by atoms with E-state index in [1.807, 2.05) is 0 Å². The second kappa shape index (κ2) is 25.1. The van der Waals surface area contributed by atoms with Gasteiger partial charge in [0.1, 0.15) is 20.2 Å². The Labute approximate surface area is 292 Å². The van der Waals surface area contributed by atoms with Crippen LogP contribution in [0.15, 0.2) is 58.3 Å². The van der Waals surface area contributed by atoms with E-state index in [9.17, 15) is 25.9 Å². The maximum Gasteiger partial charge on any atom is 2.00 e. The molecule has 0 fully saturated rings. The number of benzene rings is 2. The van der Waals surface area contributed by atoms with E-state index in [1.54, 1.807) is 24.3 Å². The smallest absolute Gasteiger partial charge is 0.744 e. The van der Waals surface area contributed by atoms with Gasteiger partial charge in [0.2, 0.25) is 0 Å². The third kappa shape index (κ3) is 19.4. The van der Waals surface area contributed by atoms with Gasteiger partial charge in [-0.3, -0.25) is 0 Å². The number of hydrogen-bond acceptors (Lipinski definition) is 6. The Hall–Kier alpha value is -0.974. The fourth-order valence-electron chi connectivity index (χ4n) is 5.72. The van der Waals surface area contributed by atoms with Gasteiger partial charge in [0, 0.05) is 0 Å². The molecule has 2 aromatic rings. The molecule has 2 rings (SSSR count). The zero-order valence-electron chi connectivity index (χ0n) is 28.5. The van der Waals surface area contributed by atoms with Crippen molar-refractivity contribution in [1.82, 2.24) is 0 Å². The van der Waals surface area contributed by atoms with Crippen molar-refractivity contribution in [3.05, 3.63) is 59.7 Å². The van der Waals surface area contributed by atoms with Crippen molar-refractivity contribution in [3.8, 4) is 0 Å². The molecule has 6 nitrogen and oxygen atoms in total. The van der Waals surface area contributed by atoms with E-state index < -0.39 is 20.2 Å². The number of rotatable bonds is 22. The summed E-state index contributed by atoms with van der Waals surface area (Å²) in [6.45, 7) is 8.78. The van der Waals surface area contributed by atoms with Crippen molar-refractivity contribution in [2.24, 2.45) is 0 Å². The number of hydrogen-bond donors (Lipinski definition) is 0. The summed E-state index contributed by atoms with van der Waals surface area (Å²) in [7, 11) is -8.67. The second-order valence-electron chi connectivity index (χ2n) is 12.1. The van der Waals surface area contributed by atoms with Gasteiger partial charge in [0.25, 0.3) is 0 Å². The van der Waals surface area contributed by atoms with Crippen LogP contribution in [0.3, 0.4) is 0 Å². The molecule has 45 heavy (non-hydrogen) atoms. The molecule has 9 heteroatoms. The van der Waals surface area contributed by atoms with Crippen LogP contribution < -0.4 is 0 Å². The Morgan fingerprint density at radius 3 is 0.978 bits per heavy atom. The monoisotopic (exact) mass is 674 g/mol. The standard InChI is InChI=1S/2C18H30O3S.Mg/c2*1-3-5-6-7-8-9-10-11-16(4-2)17-12-14-18(15-13-17)22(19,20)21;/h2*12-16H,3-11H2,1-2H3,(H,19,20,21);/q;;+2/p-2. The van der Waals surface area contributed by atoms with Crippen molar-refractivity contribution in [2.75, 3.05) is 0 Å². The Kier molecular flexibility index (Phi) is 24.6. The minimum atomic E-state index is -4.33. The van der Waals surface area contributed by atoms with Crippen molar-refractivity contribution >= 4 is 43.3 Å². The third-order valence-electron chi connectivity index (χ3n) is 8.58. The van der Waals surface area contributed by atoms with Crippen molar-refractivity contribution in [1.29, 1.82) is 0 Å². The average molecular weight is 675 g/mol. The van der Waals surface area contributed by atoms with Crippen LogP contribution in [0.5, 0.6) is 0 Å². The van der Waals surface area contributed by atoms with E-state index in [1.165, 1.54) is 114 Å². The molecule has 0 aromatic heterocycles. The summed E-state index contributed by atoms with van der Waals surface area (Å²) in [5.74, 6) is 0.915. The Balaban J connectivity index is 0.000000842. The van der Waals surface area contributed by atoms with Gasteiger partial charge in [-0.2, -0.15) is 0 Å². The average Bonchev–Trinajstić information content (AvgIpc) is 3.00. The largest absolute Gasteiger partial charge is 2.00 e. The van der Waals surface area contributed by atoms with Gasteiger partial charge in [-0.25, -0.2) is 16.8 Å². The molecule has 0 spiro atoms. The fraction of sp³-hybridized carbons (Fsp3) is 0.667. The van der Waals surface area contributed by atoms with Crippen LogP contribution in [0.1, 0.15) is 166 Å². The van der Waals surface area contributed by atoms with E-state index in [4.69, 9.17) is 0 Å². The van der Waals surface area contributed by atoms with Crippen molar-refractivity contribution in [3.63, 3.8) is 0 Å². The van der Waals surface area contributed by atoms with Crippen molar-refractivity contribution in [2.45, 2.75) is 165 Å². The molecule has 0 aliphatic rings. The van der Waals surface area contributed by atoms with Crippen LogP contribution >= 0.6 is 0 Å². The van der Waals surface area contributed by atoms with Gasteiger partial charge in [0.15, 0.2) is 0 Å². The van der Waals surface area contributed by atoms with Crippen LogP contribution in [0.4, 0.5) is 0 Å². The molecule has 0 heterocycles. The first-order chi connectivity index (χ1) is 21.0. The summed E-state index contributed by atoms with van der Waals surface area (Å²) >= 11 is 0. The summed E-state index contributed by atoms with van der Waals surface area (Å²) < 4.78 is 65.7. The molecule has 2 atom stereocenters. The quantitative estimate of drug-likeness (QED) is 0.0697. The summed E-state index contributed by atoms with van der Waals surface area (Å²) in [6, 6.07) is 12.9. The Morgan fingerprint density at radius 1 is 0.467 bits per heavy atom. The topological polar surface area (TPSA) is 114 Å². The molecule has 252 valence electrons. The maximum absolute atomic E-state index is 10.9.